The topological polar surface area (TPSA) is 12.9 Å². The third-order valence-electron chi connectivity index (χ3n) is 1.30. The molecule has 0 saturated heterocycles. The van der Waals surface area contributed by atoms with Gasteiger partial charge in [-0.1, -0.05) is 0 Å². The number of alkyl halides is 6. The predicted octanol–water partition coefficient (Wildman–Crippen LogP) is 2.92. The van der Waals surface area contributed by atoms with E-state index in [2.05, 4.69) is 4.98 Å². The summed E-state index contributed by atoms with van der Waals surface area (Å²) in [6.45, 7) is 0. The molecular weight excluding hydrogens is 212 g/mol. The highest BCUT2D eigenvalue weighted by Gasteiger charge is 2.35. The van der Waals surface area contributed by atoms with Gasteiger partial charge in [-0.15, -0.1) is 0 Å². The molecule has 0 aliphatic rings. The van der Waals surface area contributed by atoms with Crippen LogP contribution in [0.1, 0.15) is 11.3 Å². The number of halogens is 6. The van der Waals surface area contributed by atoms with Crippen LogP contribution in [0.5, 0.6) is 0 Å². The summed E-state index contributed by atoms with van der Waals surface area (Å²) in [4.78, 5) is 2.55. The summed E-state index contributed by atoms with van der Waals surface area (Å²) in [7, 11) is 0. The van der Waals surface area contributed by atoms with Crippen LogP contribution < -0.4 is 0 Å². The molecule has 0 bridgehead atoms. The fourth-order valence-electron chi connectivity index (χ4n) is 0.673. The molecule has 0 N–H and O–H groups in total. The SMILES string of the molecule is FC(F)(F)c1[c]nc(C(F)(F)F)cc1. The molecule has 0 aliphatic carbocycles. The van der Waals surface area contributed by atoms with Gasteiger partial charge in [-0.2, -0.15) is 26.3 Å². The molecule has 0 spiro atoms. The van der Waals surface area contributed by atoms with Crippen molar-refractivity contribution < 1.29 is 26.3 Å². The van der Waals surface area contributed by atoms with E-state index >= 15 is 0 Å². The molecule has 1 aromatic heterocycles. The molecular formula is C7H2F6N. The second-order valence-corrected chi connectivity index (χ2v) is 2.35. The fourth-order valence-corrected chi connectivity index (χ4v) is 0.673. The van der Waals surface area contributed by atoms with Gasteiger partial charge in [-0.25, -0.2) is 4.98 Å². The van der Waals surface area contributed by atoms with Gasteiger partial charge in [0.15, 0.2) is 0 Å². The van der Waals surface area contributed by atoms with Crippen molar-refractivity contribution in [3.05, 3.63) is 29.6 Å². The van der Waals surface area contributed by atoms with Crippen molar-refractivity contribution >= 4 is 0 Å². The first-order valence-corrected chi connectivity index (χ1v) is 3.24. The zero-order chi connectivity index (χ0) is 11.0. The van der Waals surface area contributed by atoms with Crippen molar-refractivity contribution in [3.63, 3.8) is 0 Å². The van der Waals surface area contributed by atoms with Crippen LogP contribution in [0.25, 0.3) is 0 Å². The normalized spacial score (nSPS) is 13.0. The average Bonchev–Trinajstić information content (AvgIpc) is 2.01. The summed E-state index contributed by atoms with van der Waals surface area (Å²) in [5.74, 6) is 0. The molecule has 1 nitrogen and oxygen atoms in total. The van der Waals surface area contributed by atoms with Gasteiger partial charge in [0.25, 0.3) is 0 Å². The first-order valence-electron chi connectivity index (χ1n) is 3.24. The van der Waals surface area contributed by atoms with E-state index in [1.54, 1.807) is 0 Å². The number of hydrogen-bond donors (Lipinski definition) is 0. The second-order valence-electron chi connectivity index (χ2n) is 2.35. The van der Waals surface area contributed by atoms with Gasteiger partial charge in [0, 0.05) is 0 Å². The highest BCUT2D eigenvalue weighted by Crippen LogP contribution is 2.31. The third-order valence-corrected chi connectivity index (χ3v) is 1.30. The molecule has 1 rings (SSSR count). The quantitative estimate of drug-likeness (QED) is 0.605. The minimum absolute atomic E-state index is 0.263. The molecule has 0 aliphatic heterocycles. The van der Waals surface area contributed by atoms with Gasteiger partial charge in [-0.05, 0) is 12.1 Å². The van der Waals surface area contributed by atoms with Crippen LogP contribution in [0, 0.1) is 6.20 Å². The Labute approximate surface area is 74.4 Å². The van der Waals surface area contributed by atoms with Crippen LogP contribution in [-0.2, 0) is 12.4 Å². The van der Waals surface area contributed by atoms with Crippen LogP contribution in [0.3, 0.4) is 0 Å². The highest BCUT2D eigenvalue weighted by molar-refractivity contribution is 5.17. The highest BCUT2D eigenvalue weighted by atomic mass is 19.4. The van der Waals surface area contributed by atoms with E-state index in [1.807, 2.05) is 0 Å². The fraction of sp³-hybridized carbons (Fsp3) is 0.286. The zero-order valence-electron chi connectivity index (χ0n) is 6.37. The maximum Gasteiger partial charge on any atom is 0.433 e. The first kappa shape index (κ1) is 10.8. The van der Waals surface area contributed by atoms with E-state index in [4.69, 9.17) is 0 Å². The Hall–Kier alpha value is -1.27. The minimum atomic E-state index is -4.75. The van der Waals surface area contributed by atoms with Crippen LogP contribution in [-0.4, -0.2) is 4.98 Å². The lowest BCUT2D eigenvalue weighted by atomic mass is 10.2. The van der Waals surface area contributed by atoms with Gasteiger partial charge in [0.1, 0.15) is 11.9 Å². The van der Waals surface area contributed by atoms with Crippen molar-refractivity contribution in [2.45, 2.75) is 12.4 Å². The standard InChI is InChI=1S/C7H2F6N/c8-6(9,10)4-1-2-5(14-3-4)7(11,12)13/h1-2H. The maximum absolute atomic E-state index is 11.9. The van der Waals surface area contributed by atoms with Crippen LogP contribution in [0.4, 0.5) is 26.3 Å². The van der Waals surface area contributed by atoms with E-state index < -0.39 is 23.6 Å². The van der Waals surface area contributed by atoms with Crippen molar-refractivity contribution in [2.75, 3.05) is 0 Å². The number of pyridine rings is 1. The minimum Gasteiger partial charge on any atom is -0.241 e. The van der Waals surface area contributed by atoms with Gasteiger partial charge in [0.05, 0.1) is 5.56 Å². The van der Waals surface area contributed by atoms with E-state index in [9.17, 15) is 26.3 Å². The molecule has 0 atom stereocenters. The Kier molecular flexibility index (Phi) is 2.43. The maximum atomic E-state index is 11.9. The molecule has 0 unspecified atom stereocenters. The monoisotopic (exact) mass is 214 g/mol. The lowest BCUT2D eigenvalue weighted by Gasteiger charge is -2.07. The summed E-state index contributed by atoms with van der Waals surface area (Å²) in [6, 6.07) is 0.551. The van der Waals surface area contributed by atoms with Crippen molar-refractivity contribution in [2.24, 2.45) is 0 Å². The summed E-state index contributed by atoms with van der Waals surface area (Å²) in [5.41, 5.74) is -2.73. The van der Waals surface area contributed by atoms with Crippen LogP contribution in [0.2, 0.25) is 0 Å². The summed E-state index contributed by atoms with van der Waals surface area (Å²) in [6.07, 6.45) is -8.19. The Morgan fingerprint density at radius 2 is 1.50 bits per heavy atom. The Bertz CT molecular complexity index is 275. The molecule has 77 valence electrons. The molecule has 1 radical (unpaired) electrons. The van der Waals surface area contributed by atoms with Crippen molar-refractivity contribution in [3.8, 4) is 0 Å². The molecule has 1 heterocycles. The molecule has 14 heavy (non-hydrogen) atoms. The average molecular weight is 214 g/mol. The molecule has 0 amide bonds. The summed E-state index contributed by atoms with van der Waals surface area (Å²) >= 11 is 0. The molecule has 0 aromatic carbocycles. The van der Waals surface area contributed by atoms with E-state index in [-0.39, 0.29) is 12.1 Å². The predicted molar refractivity (Wildman–Crippen MR) is 33.1 cm³/mol. The summed E-state index contributed by atoms with van der Waals surface area (Å²) < 4.78 is 71.1. The number of aromatic nitrogens is 1. The first-order chi connectivity index (χ1) is 6.21. The molecule has 0 fully saturated rings. The lowest BCUT2D eigenvalue weighted by molar-refractivity contribution is -0.144. The van der Waals surface area contributed by atoms with Crippen LogP contribution in [0.15, 0.2) is 12.1 Å². The van der Waals surface area contributed by atoms with E-state index in [0.29, 0.717) is 0 Å². The van der Waals surface area contributed by atoms with Gasteiger partial charge >= 0.3 is 12.4 Å². The smallest absolute Gasteiger partial charge is 0.241 e. The van der Waals surface area contributed by atoms with Gasteiger partial charge in [-0.3, -0.25) is 0 Å². The van der Waals surface area contributed by atoms with Gasteiger partial charge < -0.3 is 0 Å². The number of nitrogens with zero attached hydrogens (tertiary/aromatic N) is 1. The van der Waals surface area contributed by atoms with Crippen molar-refractivity contribution in [1.29, 1.82) is 0 Å². The van der Waals surface area contributed by atoms with E-state index in [1.165, 1.54) is 6.20 Å². The van der Waals surface area contributed by atoms with E-state index in [0.717, 1.165) is 0 Å². The van der Waals surface area contributed by atoms with Crippen molar-refractivity contribution in [1.82, 2.24) is 4.98 Å². The zero-order valence-corrected chi connectivity index (χ0v) is 6.37. The third kappa shape index (κ3) is 2.36. The molecule has 7 heteroatoms. The largest absolute Gasteiger partial charge is 0.433 e. The lowest BCUT2D eigenvalue weighted by Crippen LogP contribution is -2.11. The molecule has 0 saturated carbocycles. The Morgan fingerprint density at radius 3 is 1.79 bits per heavy atom. The molecule has 1 aromatic rings. The Balaban J connectivity index is 3.02. The number of hydrogen-bond acceptors (Lipinski definition) is 1. The summed E-state index contributed by atoms with van der Waals surface area (Å²) in [5, 5.41) is 0. The van der Waals surface area contributed by atoms with Gasteiger partial charge in [0.2, 0.25) is 0 Å². The van der Waals surface area contributed by atoms with Crippen LogP contribution >= 0.6 is 0 Å². The second kappa shape index (κ2) is 3.14. The number of rotatable bonds is 0. The Morgan fingerprint density at radius 1 is 0.929 bits per heavy atom.